The number of hydrogen-bond donors (Lipinski definition) is 2. The van der Waals surface area contributed by atoms with Gasteiger partial charge in [0.15, 0.2) is 0 Å². The van der Waals surface area contributed by atoms with Gasteiger partial charge in [-0.3, -0.25) is 9.59 Å². The molecule has 0 radical (unpaired) electrons. The predicted molar refractivity (Wildman–Crippen MR) is 78.9 cm³/mol. The average Bonchev–Trinajstić information content (AvgIpc) is 3.25. The van der Waals surface area contributed by atoms with Crippen molar-refractivity contribution in [3.63, 3.8) is 0 Å². The first-order chi connectivity index (χ1) is 10.1. The highest BCUT2D eigenvalue weighted by atomic mass is 16.5. The van der Waals surface area contributed by atoms with Crippen molar-refractivity contribution in [2.75, 3.05) is 19.8 Å². The van der Waals surface area contributed by atoms with Crippen LogP contribution in [0.25, 0.3) is 0 Å². The number of carbonyl (C=O) groups is 2. The molecule has 2 fully saturated rings. The van der Waals surface area contributed by atoms with Crippen LogP contribution in [0.4, 0.5) is 0 Å². The number of aliphatic carboxylic acids is 1. The molecule has 0 heterocycles. The molecule has 0 unspecified atom stereocenters. The van der Waals surface area contributed by atoms with Crippen molar-refractivity contribution in [1.29, 1.82) is 0 Å². The number of carboxylic acids is 1. The Bertz CT molecular complexity index is 357. The summed E-state index contributed by atoms with van der Waals surface area (Å²) in [4.78, 5) is 23.6. The maximum atomic E-state index is 12.0. The van der Waals surface area contributed by atoms with Crippen molar-refractivity contribution in [2.45, 2.75) is 57.8 Å². The minimum atomic E-state index is -0.852. The molecular weight excluding hydrogens is 270 g/mol. The Morgan fingerprint density at radius 1 is 1.14 bits per heavy atom. The van der Waals surface area contributed by atoms with Gasteiger partial charge in [-0.1, -0.05) is 25.7 Å². The molecule has 0 saturated heterocycles. The fourth-order valence-corrected chi connectivity index (χ4v) is 3.04. The summed E-state index contributed by atoms with van der Waals surface area (Å²) in [6, 6.07) is 0. The summed E-state index contributed by atoms with van der Waals surface area (Å²) in [6.45, 7) is 1.78. The minimum absolute atomic E-state index is 0.102. The largest absolute Gasteiger partial charge is 0.481 e. The van der Waals surface area contributed by atoms with Crippen molar-refractivity contribution in [3.8, 4) is 0 Å². The van der Waals surface area contributed by atoms with Gasteiger partial charge in [-0.05, 0) is 31.6 Å². The first-order valence-electron chi connectivity index (χ1n) is 8.20. The highest BCUT2D eigenvalue weighted by molar-refractivity contribution is 5.85. The summed E-state index contributed by atoms with van der Waals surface area (Å²) in [5.41, 5.74) is -0.852. The zero-order valence-electron chi connectivity index (χ0n) is 12.7. The third-order valence-corrected chi connectivity index (χ3v) is 4.63. The maximum Gasteiger partial charge on any atom is 0.310 e. The molecule has 0 atom stereocenters. The van der Waals surface area contributed by atoms with Crippen molar-refractivity contribution in [2.24, 2.45) is 11.3 Å². The van der Waals surface area contributed by atoms with E-state index in [1.807, 2.05) is 0 Å². The van der Waals surface area contributed by atoms with Gasteiger partial charge in [0, 0.05) is 19.6 Å². The Morgan fingerprint density at radius 3 is 2.38 bits per heavy atom. The van der Waals surface area contributed by atoms with Crippen LogP contribution in [0.2, 0.25) is 0 Å². The number of carboxylic acid groups (broad SMARTS) is 1. The number of rotatable bonds is 8. The van der Waals surface area contributed by atoms with Gasteiger partial charge in [0.25, 0.3) is 0 Å². The Kier molecular flexibility index (Phi) is 6.03. The van der Waals surface area contributed by atoms with Crippen LogP contribution in [0, 0.1) is 11.3 Å². The Balaban J connectivity index is 1.70. The van der Waals surface area contributed by atoms with Crippen molar-refractivity contribution >= 4 is 11.9 Å². The van der Waals surface area contributed by atoms with E-state index in [0.29, 0.717) is 26.0 Å². The van der Waals surface area contributed by atoms with E-state index in [1.54, 1.807) is 0 Å². The third-order valence-electron chi connectivity index (χ3n) is 4.63. The average molecular weight is 297 g/mol. The van der Waals surface area contributed by atoms with Gasteiger partial charge in [-0.25, -0.2) is 0 Å². The van der Waals surface area contributed by atoms with Gasteiger partial charge in [-0.2, -0.15) is 0 Å². The van der Waals surface area contributed by atoms with E-state index in [2.05, 4.69) is 5.32 Å². The van der Waals surface area contributed by atoms with Gasteiger partial charge in [0.1, 0.15) is 0 Å². The number of carbonyl (C=O) groups excluding carboxylic acids is 1. The second-order valence-corrected chi connectivity index (χ2v) is 6.54. The van der Waals surface area contributed by atoms with Gasteiger partial charge in [-0.15, -0.1) is 0 Å². The van der Waals surface area contributed by atoms with Gasteiger partial charge in [0.2, 0.25) is 5.91 Å². The molecule has 120 valence electrons. The molecule has 0 aromatic carbocycles. The van der Waals surface area contributed by atoms with Crippen LogP contribution in [0.1, 0.15) is 57.8 Å². The number of amides is 1. The normalized spacial score (nSPS) is 21.5. The predicted octanol–water partition coefficient (Wildman–Crippen LogP) is 2.34. The second-order valence-electron chi connectivity index (χ2n) is 6.54. The first kappa shape index (κ1) is 16.3. The molecule has 5 nitrogen and oxygen atoms in total. The van der Waals surface area contributed by atoms with Crippen LogP contribution in [0.3, 0.4) is 0 Å². The van der Waals surface area contributed by atoms with Gasteiger partial charge in [0.05, 0.1) is 12.0 Å². The number of nitrogens with one attached hydrogen (secondary N) is 1. The molecule has 2 saturated carbocycles. The summed E-state index contributed by atoms with van der Waals surface area (Å²) in [6.07, 6.45) is 7.82. The van der Waals surface area contributed by atoms with E-state index < -0.39 is 11.4 Å². The lowest BCUT2D eigenvalue weighted by Gasteiger charge is -2.27. The van der Waals surface area contributed by atoms with Gasteiger partial charge >= 0.3 is 5.97 Å². The highest BCUT2D eigenvalue weighted by Crippen LogP contribution is 2.38. The maximum absolute atomic E-state index is 12.0. The van der Waals surface area contributed by atoms with E-state index >= 15 is 0 Å². The molecular formula is C16H27NO4. The second kappa shape index (κ2) is 7.78. The molecule has 0 bridgehead atoms. The highest BCUT2D eigenvalue weighted by Gasteiger charge is 2.40. The summed E-state index contributed by atoms with van der Waals surface area (Å²) >= 11 is 0. The quantitative estimate of drug-likeness (QED) is 0.532. The Hall–Kier alpha value is -1.10. The Labute approximate surface area is 126 Å². The van der Waals surface area contributed by atoms with Crippen LogP contribution in [0.15, 0.2) is 0 Å². The fourth-order valence-electron chi connectivity index (χ4n) is 3.04. The van der Waals surface area contributed by atoms with E-state index in [-0.39, 0.29) is 12.3 Å². The molecule has 0 spiro atoms. The van der Waals surface area contributed by atoms with Crippen molar-refractivity contribution in [3.05, 3.63) is 0 Å². The molecule has 5 heteroatoms. The van der Waals surface area contributed by atoms with Crippen molar-refractivity contribution in [1.82, 2.24) is 5.32 Å². The van der Waals surface area contributed by atoms with Crippen LogP contribution in [-0.2, 0) is 14.3 Å². The molecule has 21 heavy (non-hydrogen) atoms. The van der Waals surface area contributed by atoms with E-state index in [0.717, 1.165) is 38.2 Å². The number of hydrogen-bond acceptors (Lipinski definition) is 3. The Morgan fingerprint density at radius 2 is 1.81 bits per heavy atom. The molecule has 0 aromatic rings. The van der Waals surface area contributed by atoms with Crippen LogP contribution >= 0.6 is 0 Å². The standard InChI is InChI=1S/C16H27NO4/c18-14(17-9-10-21-12-13-5-6-13)11-16(15(19)20)7-3-1-2-4-8-16/h13H,1-12H2,(H,17,18)(H,19,20). The molecule has 2 aliphatic carbocycles. The topological polar surface area (TPSA) is 75.6 Å². The molecule has 0 aliphatic heterocycles. The SMILES string of the molecule is O=C(CC1(C(=O)O)CCCCCC1)NCCOCC1CC1. The minimum Gasteiger partial charge on any atom is -0.481 e. The summed E-state index contributed by atoms with van der Waals surface area (Å²) in [5.74, 6) is -0.249. The molecule has 2 aliphatic rings. The molecule has 2 N–H and O–H groups in total. The third kappa shape index (κ3) is 5.30. The lowest BCUT2D eigenvalue weighted by atomic mass is 9.77. The smallest absolute Gasteiger partial charge is 0.310 e. The number of ether oxygens (including phenoxy) is 1. The summed E-state index contributed by atoms with van der Waals surface area (Å²) < 4.78 is 5.46. The zero-order valence-corrected chi connectivity index (χ0v) is 12.7. The van der Waals surface area contributed by atoms with Crippen LogP contribution in [-0.4, -0.2) is 36.7 Å². The lowest BCUT2D eigenvalue weighted by molar-refractivity contribution is -0.152. The van der Waals surface area contributed by atoms with Crippen molar-refractivity contribution < 1.29 is 19.4 Å². The zero-order chi connectivity index (χ0) is 15.1. The van der Waals surface area contributed by atoms with Crippen LogP contribution < -0.4 is 5.32 Å². The summed E-state index contributed by atoms with van der Waals surface area (Å²) in [5, 5.41) is 12.3. The molecule has 2 rings (SSSR count). The monoisotopic (exact) mass is 297 g/mol. The van der Waals surface area contributed by atoms with E-state index in [9.17, 15) is 14.7 Å². The summed E-state index contributed by atoms with van der Waals surface area (Å²) in [7, 11) is 0. The van der Waals surface area contributed by atoms with Crippen LogP contribution in [0.5, 0.6) is 0 Å². The molecule has 1 amide bonds. The van der Waals surface area contributed by atoms with E-state index in [4.69, 9.17) is 4.74 Å². The fraction of sp³-hybridized carbons (Fsp3) is 0.875. The lowest BCUT2D eigenvalue weighted by Crippen LogP contribution is -2.38. The molecule has 0 aromatic heterocycles. The van der Waals surface area contributed by atoms with E-state index in [1.165, 1.54) is 12.8 Å². The first-order valence-corrected chi connectivity index (χ1v) is 8.20. The van der Waals surface area contributed by atoms with Gasteiger partial charge < -0.3 is 15.2 Å².